The summed E-state index contributed by atoms with van der Waals surface area (Å²) in [7, 11) is -2.96. The average Bonchev–Trinajstić information content (AvgIpc) is 3.05. The van der Waals surface area contributed by atoms with Gasteiger partial charge in [-0.05, 0) is 38.5 Å². The molecule has 0 radical (unpaired) electrons. The van der Waals surface area contributed by atoms with Gasteiger partial charge in [0.15, 0.2) is 15.6 Å². The molecule has 1 atom stereocenters. The summed E-state index contributed by atoms with van der Waals surface area (Å²) >= 11 is 7.55. The van der Waals surface area contributed by atoms with Crippen molar-refractivity contribution in [1.29, 1.82) is 0 Å². The number of halogens is 1. The second-order valence-corrected chi connectivity index (χ2v) is 10.0. The van der Waals surface area contributed by atoms with Crippen LogP contribution in [-0.4, -0.2) is 36.0 Å². The van der Waals surface area contributed by atoms with Gasteiger partial charge in [0, 0.05) is 27.9 Å². The highest BCUT2D eigenvalue weighted by molar-refractivity contribution is 8.00. The Labute approximate surface area is 157 Å². The van der Waals surface area contributed by atoms with Crippen LogP contribution in [0.3, 0.4) is 0 Å². The molecule has 2 heterocycles. The summed E-state index contributed by atoms with van der Waals surface area (Å²) < 4.78 is 25.6. The van der Waals surface area contributed by atoms with Gasteiger partial charge >= 0.3 is 0 Å². The number of benzene rings is 1. The van der Waals surface area contributed by atoms with Crippen LogP contribution in [0.5, 0.6) is 0 Å². The van der Waals surface area contributed by atoms with E-state index in [2.05, 4.69) is 0 Å². The smallest absolute Gasteiger partial charge is 0.174 e. The van der Waals surface area contributed by atoms with Crippen LogP contribution in [0.2, 0.25) is 5.02 Å². The molecule has 4 nitrogen and oxygen atoms in total. The van der Waals surface area contributed by atoms with Gasteiger partial charge in [0.2, 0.25) is 0 Å². The average molecular weight is 398 g/mol. The van der Waals surface area contributed by atoms with Crippen LogP contribution in [0.25, 0.3) is 0 Å². The lowest BCUT2D eigenvalue weighted by Crippen LogP contribution is -2.14. The lowest BCUT2D eigenvalue weighted by molar-refractivity contribution is 0.102. The predicted molar refractivity (Wildman–Crippen MR) is 103 cm³/mol. The van der Waals surface area contributed by atoms with Crippen molar-refractivity contribution in [3.63, 3.8) is 0 Å². The molecular formula is C18H20ClNO3S2. The second-order valence-electron chi connectivity index (χ2n) is 6.35. The quantitative estimate of drug-likeness (QED) is 0.563. The Morgan fingerprint density at radius 2 is 2.04 bits per heavy atom. The van der Waals surface area contributed by atoms with E-state index in [1.54, 1.807) is 6.07 Å². The Hall–Kier alpha value is -1.24. The number of thioether (sulfide) groups is 1. The molecule has 0 saturated carbocycles. The molecular weight excluding hydrogens is 378 g/mol. The number of ketones is 1. The van der Waals surface area contributed by atoms with E-state index in [0.717, 1.165) is 16.3 Å². The molecule has 1 saturated heterocycles. The van der Waals surface area contributed by atoms with Crippen molar-refractivity contribution in [3.05, 3.63) is 52.3 Å². The van der Waals surface area contributed by atoms with Crippen LogP contribution in [0.4, 0.5) is 0 Å². The van der Waals surface area contributed by atoms with Gasteiger partial charge in [-0.3, -0.25) is 4.79 Å². The Morgan fingerprint density at radius 1 is 1.32 bits per heavy atom. The van der Waals surface area contributed by atoms with Gasteiger partial charge in [-0.1, -0.05) is 23.7 Å². The standard InChI is InChI=1S/C18H20ClNO3S2/c1-12-9-15(13(2)20(12)14-7-8-25(22,23)11-14)17(21)10-24-18-6-4-3-5-16(18)19/h3-6,9,14H,7-8,10-11H2,1-2H3. The molecule has 0 aliphatic carbocycles. The van der Waals surface area contributed by atoms with Crippen molar-refractivity contribution in [2.75, 3.05) is 17.3 Å². The first-order chi connectivity index (χ1) is 11.8. The third-order valence-electron chi connectivity index (χ3n) is 4.55. The fraction of sp³-hybridized carbons (Fsp3) is 0.389. The molecule has 134 valence electrons. The summed E-state index contributed by atoms with van der Waals surface area (Å²) in [6.45, 7) is 3.82. The maximum Gasteiger partial charge on any atom is 0.174 e. The summed E-state index contributed by atoms with van der Waals surface area (Å²) in [6, 6.07) is 9.26. The minimum Gasteiger partial charge on any atom is -0.344 e. The van der Waals surface area contributed by atoms with E-state index in [1.807, 2.05) is 42.7 Å². The van der Waals surface area contributed by atoms with E-state index < -0.39 is 9.84 Å². The molecule has 0 amide bonds. The van der Waals surface area contributed by atoms with Gasteiger partial charge < -0.3 is 4.57 Å². The highest BCUT2D eigenvalue weighted by atomic mass is 35.5. The molecule has 1 aromatic heterocycles. The molecule has 7 heteroatoms. The van der Waals surface area contributed by atoms with Crippen molar-refractivity contribution in [1.82, 2.24) is 4.57 Å². The number of nitrogens with zero attached hydrogens (tertiary/aromatic N) is 1. The van der Waals surface area contributed by atoms with E-state index in [-0.39, 0.29) is 23.3 Å². The highest BCUT2D eigenvalue weighted by Gasteiger charge is 2.31. The van der Waals surface area contributed by atoms with E-state index in [9.17, 15) is 13.2 Å². The summed E-state index contributed by atoms with van der Waals surface area (Å²) in [4.78, 5) is 13.5. The molecule has 1 aliphatic heterocycles. The molecule has 25 heavy (non-hydrogen) atoms. The number of carbonyl (C=O) groups is 1. The Balaban J connectivity index is 1.78. The molecule has 1 aliphatic rings. The maximum absolute atomic E-state index is 12.7. The number of sulfone groups is 1. The molecule has 3 rings (SSSR count). The molecule has 1 aromatic carbocycles. The van der Waals surface area contributed by atoms with E-state index >= 15 is 0 Å². The Morgan fingerprint density at radius 3 is 2.68 bits per heavy atom. The van der Waals surface area contributed by atoms with Gasteiger partial charge in [0.1, 0.15) is 0 Å². The number of hydrogen-bond donors (Lipinski definition) is 0. The maximum atomic E-state index is 12.7. The van der Waals surface area contributed by atoms with Crippen LogP contribution in [0, 0.1) is 13.8 Å². The van der Waals surface area contributed by atoms with Crippen LogP contribution < -0.4 is 0 Å². The fourth-order valence-corrected chi connectivity index (χ4v) is 6.21. The fourth-order valence-electron chi connectivity index (χ4n) is 3.38. The number of aromatic nitrogens is 1. The number of hydrogen-bond acceptors (Lipinski definition) is 4. The molecule has 0 N–H and O–H groups in total. The summed E-state index contributed by atoms with van der Waals surface area (Å²) in [5.74, 6) is 0.716. The number of carbonyl (C=O) groups excluding carboxylic acids is 1. The largest absolute Gasteiger partial charge is 0.344 e. The summed E-state index contributed by atoms with van der Waals surface area (Å²) in [5, 5.41) is 0.641. The lowest BCUT2D eigenvalue weighted by Gasteiger charge is -2.16. The van der Waals surface area contributed by atoms with Crippen molar-refractivity contribution in [2.45, 2.75) is 31.2 Å². The molecule has 1 fully saturated rings. The van der Waals surface area contributed by atoms with Crippen LogP contribution in [-0.2, 0) is 9.84 Å². The van der Waals surface area contributed by atoms with E-state index in [1.165, 1.54) is 11.8 Å². The first-order valence-electron chi connectivity index (χ1n) is 8.08. The van der Waals surface area contributed by atoms with E-state index in [0.29, 0.717) is 22.8 Å². The minimum absolute atomic E-state index is 0.0325. The Bertz CT molecular complexity index is 918. The Kier molecular flexibility index (Phi) is 5.32. The first kappa shape index (κ1) is 18.5. The number of Topliss-reactive ketones (excluding diaryl/α,β-unsaturated/α-hetero) is 1. The van der Waals surface area contributed by atoms with Gasteiger partial charge in [0.05, 0.1) is 22.3 Å². The molecule has 2 aromatic rings. The van der Waals surface area contributed by atoms with Crippen molar-refractivity contribution in [3.8, 4) is 0 Å². The zero-order valence-corrected chi connectivity index (χ0v) is 16.5. The SMILES string of the molecule is Cc1cc(C(=O)CSc2ccccc2Cl)c(C)n1C1CCS(=O)(=O)C1. The topological polar surface area (TPSA) is 56.1 Å². The molecule has 1 unspecified atom stereocenters. The molecule has 0 spiro atoms. The van der Waals surface area contributed by atoms with Gasteiger partial charge in [-0.2, -0.15) is 0 Å². The molecule has 0 bridgehead atoms. The zero-order chi connectivity index (χ0) is 18.2. The summed E-state index contributed by atoms with van der Waals surface area (Å²) in [6.07, 6.45) is 0.612. The van der Waals surface area contributed by atoms with Crippen molar-refractivity contribution >= 4 is 39.0 Å². The summed E-state index contributed by atoms with van der Waals surface area (Å²) in [5.41, 5.74) is 2.46. The van der Waals surface area contributed by atoms with Crippen molar-refractivity contribution in [2.24, 2.45) is 0 Å². The third kappa shape index (κ3) is 3.96. The monoisotopic (exact) mass is 397 g/mol. The third-order valence-corrected chi connectivity index (χ3v) is 7.82. The lowest BCUT2D eigenvalue weighted by atomic mass is 10.2. The van der Waals surface area contributed by atoms with Crippen LogP contribution in [0.15, 0.2) is 35.2 Å². The van der Waals surface area contributed by atoms with E-state index in [4.69, 9.17) is 11.6 Å². The van der Waals surface area contributed by atoms with Crippen molar-refractivity contribution < 1.29 is 13.2 Å². The van der Waals surface area contributed by atoms with Gasteiger partial charge in [0.25, 0.3) is 0 Å². The zero-order valence-electron chi connectivity index (χ0n) is 14.2. The predicted octanol–water partition coefficient (Wildman–Crippen LogP) is 4.09. The first-order valence-corrected chi connectivity index (χ1v) is 11.3. The second kappa shape index (κ2) is 7.17. The minimum atomic E-state index is -2.96. The van der Waals surface area contributed by atoms with Gasteiger partial charge in [-0.15, -0.1) is 11.8 Å². The van der Waals surface area contributed by atoms with Crippen LogP contribution >= 0.6 is 23.4 Å². The highest BCUT2D eigenvalue weighted by Crippen LogP contribution is 2.31. The number of aryl methyl sites for hydroxylation is 1. The number of rotatable bonds is 5. The van der Waals surface area contributed by atoms with Crippen LogP contribution in [0.1, 0.15) is 34.2 Å². The van der Waals surface area contributed by atoms with Gasteiger partial charge in [-0.25, -0.2) is 8.42 Å². The normalized spacial score (nSPS) is 19.2.